The second-order valence-electron chi connectivity index (χ2n) is 5.94. The molecule has 2 aromatic carbocycles. The minimum Gasteiger partial charge on any atom is -0.385 e. The Balaban J connectivity index is 1.39. The number of likely N-dealkylation sites (tertiary alicyclic amines) is 1. The smallest absolute Gasteiger partial charge is 0.0340 e. The van der Waals surface area contributed by atoms with Crippen LogP contribution in [-0.4, -0.2) is 31.1 Å². The van der Waals surface area contributed by atoms with E-state index >= 15 is 0 Å². The lowest BCUT2D eigenvalue weighted by molar-refractivity contribution is 0.330. The summed E-state index contributed by atoms with van der Waals surface area (Å²) in [5.41, 5.74) is 2.68. The van der Waals surface area contributed by atoms with E-state index in [1.54, 1.807) is 0 Å². The summed E-state index contributed by atoms with van der Waals surface area (Å²) < 4.78 is 0. The van der Waals surface area contributed by atoms with Gasteiger partial charge in [0.25, 0.3) is 0 Å². The Morgan fingerprint density at radius 2 is 1.67 bits per heavy atom. The van der Waals surface area contributed by atoms with Crippen LogP contribution in [0.25, 0.3) is 0 Å². The first-order valence-corrected chi connectivity index (χ1v) is 7.95. The second-order valence-corrected chi connectivity index (χ2v) is 5.94. The Morgan fingerprint density at radius 1 is 0.952 bits per heavy atom. The largest absolute Gasteiger partial charge is 0.385 e. The maximum Gasteiger partial charge on any atom is 0.0340 e. The van der Waals surface area contributed by atoms with E-state index in [9.17, 15) is 0 Å². The number of rotatable bonds is 6. The van der Waals surface area contributed by atoms with Crippen LogP contribution in [0.4, 0.5) is 5.69 Å². The van der Waals surface area contributed by atoms with Crippen molar-refractivity contribution < 1.29 is 0 Å². The number of benzene rings is 2. The standard InChI is InChI=1S/C19H24N2/c1-3-7-17(8-4-1)11-13-21-14-12-18(16-21)15-20-19-9-5-2-6-10-19/h1-10,18,20H,11-16H2/t18-/m0/s1. The molecule has 110 valence electrons. The zero-order valence-electron chi connectivity index (χ0n) is 12.5. The van der Waals surface area contributed by atoms with Crippen molar-refractivity contribution in [2.45, 2.75) is 12.8 Å². The molecule has 2 heteroatoms. The molecule has 0 unspecified atom stereocenters. The van der Waals surface area contributed by atoms with Crippen LogP contribution in [-0.2, 0) is 6.42 Å². The first kappa shape index (κ1) is 14.2. The lowest BCUT2D eigenvalue weighted by Crippen LogP contribution is -2.25. The minimum atomic E-state index is 0.779. The zero-order valence-corrected chi connectivity index (χ0v) is 12.5. The molecule has 2 aromatic rings. The third-order valence-corrected chi connectivity index (χ3v) is 4.30. The van der Waals surface area contributed by atoms with Crippen LogP contribution < -0.4 is 5.32 Å². The van der Waals surface area contributed by atoms with E-state index in [-0.39, 0.29) is 0 Å². The van der Waals surface area contributed by atoms with Gasteiger partial charge in [-0.1, -0.05) is 48.5 Å². The van der Waals surface area contributed by atoms with Gasteiger partial charge in [0.15, 0.2) is 0 Å². The van der Waals surface area contributed by atoms with Gasteiger partial charge in [0.05, 0.1) is 0 Å². The predicted molar refractivity (Wildman–Crippen MR) is 89.6 cm³/mol. The van der Waals surface area contributed by atoms with Gasteiger partial charge in [-0.2, -0.15) is 0 Å². The van der Waals surface area contributed by atoms with Crippen LogP contribution in [0.15, 0.2) is 60.7 Å². The number of para-hydroxylation sites is 1. The first-order valence-electron chi connectivity index (χ1n) is 7.95. The number of anilines is 1. The molecule has 21 heavy (non-hydrogen) atoms. The number of hydrogen-bond acceptors (Lipinski definition) is 2. The summed E-state index contributed by atoms with van der Waals surface area (Å²) in [6, 6.07) is 21.3. The van der Waals surface area contributed by atoms with Crippen molar-refractivity contribution in [2.75, 3.05) is 31.5 Å². The van der Waals surface area contributed by atoms with Crippen LogP contribution >= 0.6 is 0 Å². The molecule has 0 radical (unpaired) electrons. The summed E-state index contributed by atoms with van der Waals surface area (Å²) in [4.78, 5) is 2.60. The van der Waals surface area contributed by atoms with Gasteiger partial charge in [-0.15, -0.1) is 0 Å². The summed E-state index contributed by atoms with van der Waals surface area (Å²) in [6.07, 6.45) is 2.48. The highest BCUT2D eigenvalue weighted by atomic mass is 15.1. The fourth-order valence-electron chi connectivity index (χ4n) is 3.03. The predicted octanol–water partition coefficient (Wildman–Crippen LogP) is 3.66. The van der Waals surface area contributed by atoms with E-state index in [2.05, 4.69) is 70.9 Å². The van der Waals surface area contributed by atoms with E-state index in [4.69, 9.17) is 0 Å². The van der Waals surface area contributed by atoms with Gasteiger partial charge < -0.3 is 10.2 Å². The molecule has 0 saturated carbocycles. The van der Waals surface area contributed by atoms with Gasteiger partial charge in [0.2, 0.25) is 0 Å². The summed E-state index contributed by atoms with van der Waals surface area (Å²) in [7, 11) is 0. The maximum atomic E-state index is 3.55. The van der Waals surface area contributed by atoms with E-state index in [1.165, 1.54) is 43.7 Å². The molecule has 3 rings (SSSR count). The van der Waals surface area contributed by atoms with Crippen LogP contribution in [0.5, 0.6) is 0 Å². The molecule has 1 N–H and O–H groups in total. The molecule has 1 aliphatic rings. The van der Waals surface area contributed by atoms with Crippen LogP contribution in [0.1, 0.15) is 12.0 Å². The van der Waals surface area contributed by atoms with E-state index < -0.39 is 0 Å². The average molecular weight is 280 g/mol. The maximum absolute atomic E-state index is 3.55. The van der Waals surface area contributed by atoms with Crippen LogP contribution in [0.2, 0.25) is 0 Å². The summed E-state index contributed by atoms with van der Waals surface area (Å²) in [5, 5.41) is 3.55. The monoisotopic (exact) mass is 280 g/mol. The van der Waals surface area contributed by atoms with E-state index in [0.29, 0.717) is 0 Å². The third kappa shape index (κ3) is 4.33. The number of nitrogens with zero attached hydrogens (tertiary/aromatic N) is 1. The van der Waals surface area contributed by atoms with Gasteiger partial charge in [-0.25, -0.2) is 0 Å². The highest BCUT2D eigenvalue weighted by Crippen LogP contribution is 2.17. The summed E-state index contributed by atoms with van der Waals surface area (Å²) in [6.45, 7) is 4.75. The summed E-state index contributed by atoms with van der Waals surface area (Å²) in [5.74, 6) is 0.779. The molecule has 1 heterocycles. The highest BCUT2D eigenvalue weighted by Gasteiger charge is 2.21. The average Bonchev–Trinajstić information content (AvgIpc) is 3.01. The molecule has 2 nitrogen and oxygen atoms in total. The van der Waals surface area contributed by atoms with E-state index in [1.807, 2.05) is 0 Å². The third-order valence-electron chi connectivity index (χ3n) is 4.30. The molecule has 1 saturated heterocycles. The van der Waals surface area contributed by atoms with Gasteiger partial charge in [0.1, 0.15) is 0 Å². The van der Waals surface area contributed by atoms with Crippen molar-refractivity contribution in [1.29, 1.82) is 0 Å². The Bertz CT molecular complexity index is 474. The van der Waals surface area contributed by atoms with Crippen molar-refractivity contribution in [3.05, 3.63) is 66.2 Å². The lowest BCUT2D eigenvalue weighted by Gasteiger charge is -2.16. The SMILES string of the molecule is c1ccc(CCN2CC[C@@H](CNc3ccccc3)C2)cc1. The molecule has 0 bridgehead atoms. The second kappa shape index (κ2) is 7.28. The quantitative estimate of drug-likeness (QED) is 0.868. The minimum absolute atomic E-state index is 0.779. The highest BCUT2D eigenvalue weighted by molar-refractivity contribution is 5.42. The molecular formula is C19H24N2. The molecule has 0 aliphatic carbocycles. The summed E-state index contributed by atoms with van der Waals surface area (Å²) >= 11 is 0. The van der Waals surface area contributed by atoms with Gasteiger partial charge in [0, 0.05) is 25.3 Å². The normalized spacial score (nSPS) is 18.8. The first-order chi connectivity index (χ1) is 10.4. The van der Waals surface area contributed by atoms with Gasteiger partial charge in [-0.05, 0) is 43.0 Å². The fourth-order valence-corrected chi connectivity index (χ4v) is 3.03. The molecular weight excluding hydrogens is 256 g/mol. The number of nitrogens with one attached hydrogen (secondary N) is 1. The van der Waals surface area contributed by atoms with Crippen LogP contribution in [0.3, 0.4) is 0 Å². The Kier molecular flexibility index (Phi) is 4.90. The molecule has 1 aliphatic heterocycles. The molecule has 0 spiro atoms. The fraction of sp³-hybridized carbons (Fsp3) is 0.368. The van der Waals surface area contributed by atoms with Crippen molar-refractivity contribution in [1.82, 2.24) is 4.90 Å². The molecule has 1 fully saturated rings. The molecule has 0 aromatic heterocycles. The zero-order chi connectivity index (χ0) is 14.3. The van der Waals surface area contributed by atoms with Crippen molar-refractivity contribution in [2.24, 2.45) is 5.92 Å². The lowest BCUT2D eigenvalue weighted by atomic mass is 10.1. The molecule has 0 amide bonds. The molecule has 1 atom stereocenters. The van der Waals surface area contributed by atoms with Crippen molar-refractivity contribution >= 4 is 5.69 Å². The van der Waals surface area contributed by atoms with Crippen molar-refractivity contribution in [3.8, 4) is 0 Å². The van der Waals surface area contributed by atoms with E-state index in [0.717, 1.165) is 12.5 Å². The van der Waals surface area contributed by atoms with Gasteiger partial charge >= 0.3 is 0 Å². The Morgan fingerprint density at radius 3 is 2.43 bits per heavy atom. The number of hydrogen-bond donors (Lipinski definition) is 1. The van der Waals surface area contributed by atoms with Gasteiger partial charge in [-0.3, -0.25) is 0 Å². The van der Waals surface area contributed by atoms with Crippen LogP contribution in [0, 0.1) is 5.92 Å². The Hall–Kier alpha value is -1.80. The topological polar surface area (TPSA) is 15.3 Å². The van der Waals surface area contributed by atoms with Crippen molar-refractivity contribution in [3.63, 3.8) is 0 Å². The Labute approximate surface area is 127 Å².